The van der Waals surface area contributed by atoms with Crippen LogP contribution >= 0.6 is 11.3 Å². The topological polar surface area (TPSA) is 68.0 Å². The number of nitrogens with zero attached hydrogens (tertiary/aromatic N) is 3. The van der Waals surface area contributed by atoms with Gasteiger partial charge in [-0.25, -0.2) is 9.78 Å². The summed E-state index contributed by atoms with van der Waals surface area (Å²) < 4.78 is 1.70. The standard InChI is InChI=1S/C12H13N3O2S/c1-7(4-10(16)17)12-11(14-8(2)18-12)9-5-13-15(3)6-9/h4-6H,1-3H3,(H,16,17)/b7-4+. The Bertz CT molecular complexity index is 625. The van der Waals surface area contributed by atoms with Gasteiger partial charge in [-0.3, -0.25) is 4.68 Å². The number of rotatable bonds is 3. The molecule has 0 saturated carbocycles. The van der Waals surface area contributed by atoms with E-state index < -0.39 is 5.97 Å². The third-order valence-electron chi connectivity index (χ3n) is 2.41. The van der Waals surface area contributed by atoms with Crippen LogP contribution in [-0.4, -0.2) is 25.8 Å². The smallest absolute Gasteiger partial charge is 0.328 e. The molecule has 0 aliphatic rings. The fraction of sp³-hybridized carbons (Fsp3) is 0.250. The van der Waals surface area contributed by atoms with Crippen molar-refractivity contribution in [3.8, 4) is 11.3 Å². The number of thiazole rings is 1. The van der Waals surface area contributed by atoms with Crippen molar-refractivity contribution in [2.75, 3.05) is 0 Å². The molecule has 5 nitrogen and oxygen atoms in total. The first-order chi connectivity index (χ1) is 8.47. The SMILES string of the molecule is C/C(=C\C(=O)O)c1sc(C)nc1-c1cnn(C)c1. The summed E-state index contributed by atoms with van der Waals surface area (Å²) in [6.07, 6.45) is 4.80. The summed E-state index contributed by atoms with van der Waals surface area (Å²) in [6.45, 7) is 3.68. The number of carboxylic acids is 1. The molecule has 0 fully saturated rings. The molecule has 0 bridgehead atoms. The predicted molar refractivity (Wildman–Crippen MR) is 70.3 cm³/mol. The third kappa shape index (κ3) is 2.48. The molecule has 0 atom stereocenters. The molecule has 0 aromatic carbocycles. The second kappa shape index (κ2) is 4.73. The van der Waals surface area contributed by atoms with Crippen molar-refractivity contribution < 1.29 is 9.90 Å². The lowest BCUT2D eigenvalue weighted by Crippen LogP contribution is -1.90. The van der Waals surface area contributed by atoms with E-state index in [1.807, 2.05) is 20.2 Å². The molecule has 0 spiro atoms. The van der Waals surface area contributed by atoms with Crippen LogP contribution in [0, 0.1) is 6.92 Å². The van der Waals surface area contributed by atoms with Crippen molar-refractivity contribution in [3.63, 3.8) is 0 Å². The second-order valence-electron chi connectivity index (χ2n) is 3.98. The Morgan fingerprint density at radius 2 is 2.28 bits per heavy atom. The number of carbonyl (C=O) groups is 1. The monoisotopic (exact) mass is 263 g/mol. The van der Waals surface area contributed by atoms with Crippen LogP contribution in [0.3, 0.4) is 0 Å². The van der Waals surface area contributed by atoms with Crippen LogP contribution in [0.15, 0.2) is 18.5 Å². The average Bonchev–Trinajstić information content (AvgIpc) is 2.83. The molecule has 94 valence electrons. The van der Waals surface area contributed by atoms with Gasteiger partial charge in [0.1, 0.15) is 0 Å². The van der Waals surface area contributed by atoms with Gasteiger partial charge < -0.3 is 5.11 Å². The van der Waals surface area contributed by atoms with Crippen LogP contribution in [0.4, 0.5) is 0 Å². The molecule has 6 heteroatoms. The summed E-state index contributed by atoms with van der Waals surface area (Å²) in [6, 6.07) is 0. The van der Waals surface area contributed by atoms with Gasteiger partial charge in [0.2, 0.25) is 0 Å². The second-order valence-corrected chi connectivity index (χ2v) is 5.18. The molecule has 0 radical (unpaired) electrons. The maximum atomic E-state index is 10.7. The van der Waals surface area contributed by atoms with Crippen LogP contribution < -0.4 is 0 Å². The fourth-order valence-electron chi connectivity index (χ4n) is 1.68. The number of aryl methyl sites for hydroxylation is 2. The zero-order valence-corrected chi connectivity index (χ0v) is 11.2. The molecule has 0 aliphatic carbocycles. The van der Waals surface area contributed by atoms with E-state index in [9.17, 15) is 4.79 Å². The molecule has 2 aromatic rings. The maximum absolute atomic E-state index is 10.7. The zero-order valence-electron chi connectivity index (χ0n) is 10.3. The van der Waals surface area contributed by atoms with Crippen LogP contribution in [0.1, 0.15) is 16.8 Å². The molecule has 2 rings (SSSR count). The molecule has 0 unspecified atom stereocenters. The number of allylic oxidation sites excluding steroid dienone is 1. The molecular formula is C12H13N3O2S. The van der Waals surface area contributed by atoms with Gasteiger partial charge in [0.15, 0.2) is 0 Å². The number of hydrogen-bond donors (Lipinski definition) is 1. The molecule has 18 heavy (non-hydrogen) atoms. The summed E-state index contributed by atoms with van der Waals surface area (Å²) in [7, 11) is 1.84. The summed E-state index contributed by atoms with van der Waals surface area (Å²) in [5, 5.41) is 13.8. The number of carboxylic acid groups (broad SMARTS) is 1. The minimum absolute atomic E-state index is 0.701. The van der Waals surface area contributed by atoms with E-state index in [1.54, 1.807) is 17.8 Å². The molecule has 1 N–H and O–H groups in total. The van der Waals surface area contributed by atoms with Crippen LogP contribution in [-0.2, 0) is 11.8 Å². The third-order valence-corrected chi connectivity index (χ3v) is 3.52. The number of aliphatic carboxylic acids is 1. The van der Waals surface area contributed by atoms with Crippen molar-refractivity contribution >= 4 is 22.9 Å². The molecular weight excluding hydrogens is 250 g/mol. The summed E-state index contributed by atoms with van der Waals surface area (Å²) >= 11 is 1.49. The Labute approximate surface area is 108 Å². The summed E-state index contributed by atoms with van der Waals surface area (Å²) in [4.78, 5) is 16.1. The minimum Gasteiger partial charge on any atom is -0.478 e. The molecule has 0 amide bonds. The van der Waals surface area contributed by atoms with Gasteiger partial charge in [0, 0.05) is 24.9 Å². The van der Waals surface area contributed by atoms with E-state index >= 15 is 0 Å². The summed E-state index contributed by atoms with van der Waals surface area (Å²) in [5.41, 5.74) is 2.39. The highest BCUT2D eigenvalue weighted by Gasteiger charge is 2.14. The first kappa shape index (κ1) is 12.5. The van der Waals surface area contributed by atoms with Gasteiger partial charge in [0.25, 0.3) is 0 Å². The largest absolute Gasteiger partial charge is 0.478 e. The van der Waals surface area contributed by atoms with Crippen molar-refractivity contribution in [2.45, 2.75) is 13.8 Å². The van der Waals surface area contributed by atoms with E-state index in [0.29, 0.717) is 5.57 Å². The Balaban J connectivity index is 2.52. The highest BCUT2D eigenvalue weighted by atomic mass is 32.1. The zero-order chi connectivity index (χ0) is 13.3. The van der Waals surface area contributed by atoms with Crippen LogP contribution in [0.25, 0.3) is 16.8 Å². The van der Waals surface area contributed by atoms with Crippen molar-refractivity contribution in [2.24, 2.45) is 7.05 Å². The molecule has 0 saturated heterocycles. The maximum Gasteiger partial charge on any atom is 0.328 e. The van der Waals surface area contributed by atoms with Gasteiger partial charge in [-0.1, -0.05) is 0 Å². The van der Waals surface area contributed by atoms with E-state index in [1.165, 1.54) is 17.4 Å². The Kier molecular flexibility index (Phi) is 3.29. The lowest BCUT2D eigenvalue weighted by Gasteiger charge is -1.99. The first-order valence-corrected chi connectivity index (χ1v) is 6.17. The van der Waals surface area contributed by atoms with Gasteiger partial charge in [-0.05, 0) is 19.4 Å². The first-order valence-electron chi connectivity index (χ1n) is 5.35. The lowest BCUT2D eigenvalue weighted by atomic mass is 10.1. The Morgan fingerprint density at radius 1 is 1.56 bits per heavy atom. The average molecular weight is 263 g/mol. The van der Waals surface area contributed by atoms with Crippen molar-refractivity contribution in [1.82, 2.24) is 14.8 Å². The van der Waals surface area contributed by atoms with E-state index in [4.69, 9.17) is 5.11 Å². The normalized spacial score (nSPS) is 11.8. The Morgan fingerprint density at radius 3 is 2.83 bits per heavy atom. The highest BCUT2D eigenvalue weighted by Crippen LogP contribution is 2.32. The predicted octanol–water partition coefficient (Wildman–Crippen LogP) is 2.34. The van der Waals surface area contributed by atoms with E-state index in [-0.39, 0.29) is 0 Å². The Hall–Kier alpha value is -1.95. The van der Waals surface area contributed by atoms with Gasteiger partial charge in [-0.15, -0.1) is 11.3 Å². The van der Waals surface area contributed by atoms with Crippen molar-refractivity contribution in [3.05, 3.63) is 28.4 Å². The van der Waals surface area contributed by atoms with E-state index in [0.717, 1.165) is 21.1 Å². The molecule has 2 aromatic heterocycles. The van der Waals surface area contributed by atoms with E-state index in [2.05, 4.69) is 10.1 Å². The lowest BCUT2D eigenvalue weighted by molar-refractivity contribution is -0.131. The number of hydrogen-bond acceptors (Lipinski definition) is 4. The number of aromatic nitrogens is 3. The quantitative estimate of drug-likeness (QED) is 0.863. The molecule has 0 aliphatic heterocycles. The van der Waals surface area contributed by atoms with Crippen LogP contribution in [0.2, 0.25) is 0 Å². The van der Waals surface area contributed by atoms with Gasteiger partial charge in [-0.2, -0.15) is 5.10 Å². The molecule has 2 heterocycles. The van der Waals surface area contributed by atoms with Crippen molar-refractivity contribution in [1.29, 1.82) is 0 Å². The fourth-order valence-corrected chi connectivity index (χ4v) is 2.60. The minimum atomic E-state index is -0.948. The van der Waals surface area contributed by atoms with Gasteiger partial charge >= 0.3 is 5.97 Å². The van der Waals surface area contributed by atoms with Gasteiger partial charge in [0.05, 0.1) is 21.8 Å². The highest BCUT2D eigenvalue weighted by molar-refractivity contribution is 7.13. The summed E-state index contributed by atoms with van der Waals surface area (Å²) in [5.74, 6) is -0.948. The van der Waals surface area contributed by atoms with Crippen LogP contribution in [0.5, 0.6) is 0 Å².